The zero-order valence-electron chi connectivity index (χ0n) is 12.5. The first-order chi connectivity index (χ1) is 9.15. The minimum absolute atomic E-state index is 0.803. The summed E-state index contributed by atoms with van der Waals surface area (Å²) in [5, 5.41) is 11.7. The molecule has 0 bridgehead atoms. The molecule has 0 aliphatic heterocycles. The highest BCUT2D eigenvalue weighted by Crippen LogP contribution is 1.98. The Hall–Kier alpha value is -1.20. The maximum Gasteiger partial charge on any atom is 0.0964 e. The normalized spacial score (nSPS) is 11.2. The van der Waals surface area contributed by atoms with E-state index in [1.807, 2.05) is 10.9 Å². The number of aromatic nitrogens is 3. The van der Waals surface area contributed by atoms with Crippen LogP contribution in [0.1, 0.15) is 32.9 Å². The molecule has 0 atom stereocenters. The van der Waals surface area contributed by atoms with Crippen molar-refractivity contribution in [3.8, 4) is 0 Å². The second-order valence-corrected chi connectivity index (χ2v) is 4.98. The summed E-state index contributed by atoms with van der Waals surface area (Å²) in [5.41, 5.74) is 2.21. The number of nitrogens with one attached hydrogen (secondary N) is 1. The zero-order chi connectivity index (χ0) is 14.1. The lowest BCUT2D eigenvalue weighted by molar-refractivity contribution is 0.291. The van der Waals surface area contributed by atoms with Crippen LogP contribution in [-0.2, 0) is 13.1 Å². The zero-order valence-corrected chi connectivity index (χ0v) is 12.5. The summed E-state index contributed by atoms with van der Waals surface area (Å²) >= 11 is 0. The summed E-state index contributed by atoms with van der Waals surface area (Å²) in [7, 11) is 0. The summed E-state index contributed by atoms with van der Waals surface area (Å²) in [6.07, 6.45) is 3.16. The van der Waals surface area contributed by atoms with Gasteiger partial charge in [0.05, 0.1) is 12.2 Å². The van der Waals surface area contributed by atoms with Crippen LogP contribution in [0.3, 0.4) is 0 Å². The molecule has 5 nitrogen and oxygen atoms in total. The lowest BCUT2D eigenvalue weighted by atomic mass is 10.3. The van der Waals surface area contributed by atoms with Crippen LogP contribution in [0.5, 0.6) is 0 Å². The van der Waals surface area contributed by atoms with E-state index in [4.69, 9.17) is 0 Å². The number of rotatable bonds is 10. The molecular weight excluding hydrogens is 238 g/mol. The first kappa shape index (κ1) is 15.9. The fourth-order valence-corrected chi connectivity index (χ4v) is 1.90. The topological polar surface area (TPSA) is 46.0 Å². The van der Waals surface area contributed by atoms with E-state index in [1.165, 1.54) is 5.57 Å². The lowest BCUT2D eigenvalue weighted by Gasteiger charge is -2.19. The van der Waals surface area contributed by atoms with Crippen LogP contribution in [0, 0.1) is 0 Å². The van der Waals surface area contributed by atoms with E-state index in [0.29, 0.717) is 0 Å². The molecular formula is C14H27N5. The Kier molecular flexibility index (Phi) is 7.36. The summed E-state index contributed by atoms with van der Waals surface area (Å²) in [6.45, 7) is 16.0. The smallest absolute Gasteiger partial charge is 0.0964 e. The molecule has 0 aliphatic carbocycles. The molecule has 0 aliphatic rings. The Morgan fingerprint density at radius 1 is 1.47 bits per heavy atom. The molecule has 1 rings (SSSR count). The van der Waals surface area contributed by atoms with Crippen LogP contribution in [0.2, 0.25) is 0 Å². The summed E-state index contributed by atoms with van der Waals surface area (Å²) in [4.78, 5) is 2.36. The highest BCUT2D eigenvalue weighted by molar-refractivity contribution is 4.93. The Balaban J connectivity index is 2.34. The van der Waals surface area contributed by atoms with Crippen LogP contribution in [-0.4, -0.2) is 46.1 Å². The van der Waals surface area contributed by atoms with E-state index in [9.17, 15) is 0 Å². The maximum atomic E-state index is 4.17. The first-order valence-electron chi connectivity index (χ1n) is 7.12. The highest BCUT2D eigenvalue weighted by atomic mass is 15.4. The standard InChI is InChI=1S/C14H27N5/c1-5-7-15-10-14-12-19(17-16-14)9-8-18(6-2)11-13(3)4/h12,15H,3,5-11H2,1-2,4H3. The van der Waals surface area contributed by atoms with Crippen LogP contribution >= 0.6 is 0 Å². The largest absolute Gasteiger partial charge is 0.311 e. The molecule has 0 amide bonds. The van der Waals surface area contributed by atoms with E-state index < -0.39 is 0 Å². The van der Waals surface area contributed by atoms with Crippen LogP contribution in [0.15, 0.2) is 18.3 Å². The molecule has 5 heteroatoms. The molecule has 0 saturated carbocycles. The van der Waals surface area contributed by atoms with Gasteiger partial charge in [0.1, 0.15) is 0 Å². The molecule has 0 radical (unpaired) electrons. The van der Waals surface area contributed by atoms with Crippen molar-refractivity contribution in [2.75, 3.05) is 26.2 Å². The SMILES string of the molecule is C=C(C)CN(CC)CCn1cc(CNCCC)nn1. The molecule has 19 heavy (non-hydrogen) atoms. The number of nitrogens with zero attached hydrogens (tertiary/aromatic N) is 4. The third-order valence-corrected chi connectivity index (χ3v) is 2.91. The van der Waals surface area contributed by atoms with E-state index in [0.717, 1.165) is 51.4 Å². The van der Waals surface area contributed by atoms with Gasteiger partial charge >= 0.3 is 0 Å². The van der Waals surface area contributed by atoms with Crippen LogP contribution < -0.4 is 5.32 Å². The van der Waals surface area contributed by atoms with E-state index in [2.05, 4.69) is 47.9 Å². The van der Waals surface area contributed by atoms with Crippen LogP contribution in [0.25, 0.3) is 0 Å². The minimum Gasteiger partial charge on any atom is -0.311 e. The molecule has 0 unspecified atom stereocenters. The first-order valence-corrected chi connectivity index (χ1v) is 7.12. The molecule has 1 aromatic heterocycles. The van der Waals surface area contributed by atoms with Crippen molar-refractivity contribution in [1.29, 1.82) is 0 Å². The Labute approximate surface area is 116 Å². The molecule has 0 fully saturated rings. The van der Waals surface area contributed by atoms with E-state index >= 15 is 0 Å². The van der Waals surface area contributed by atoms with Crippen molar-refractivity contribution in [3.05, 3.63) is 24.0 Å². The fraction of sp³-hybridized carbons (Fsp3) is 0.714. The summed E-state index contributed by atoms with van der Waals surface area (Å²) in [5.74, 6) is 0. The van der Waals surface area contributed by atoms with Gasteiger partial charge in [-0.1, -0.05) is 31.2 Å². The number of hydrogen-bond donors (Lipinski definition) is 1. The Morgan fingerprint density at radius 3 is 2.89 bits per heavy atom. The predicted octanol–water partition coefficient (Wildman–Crippen LogP) is 1.68. The molecule has 1 heterocycles. The summed E-state index contributed by atoms with van der Waals surface area (Å²) in [6, 6.07) is 0. The third-order valence-electron chi connectivity index (χ3n) is 2.91. The van der Waals surface area contributed by atoms with Crippen molar-refractivity contribution < 1.29 is 0 Å². The summed E-state index contributed by atoms with van der Waals surface area (Å²) < 4.78 is 1.92. The fourth-order valence-electron chi connectivity index (χ4n) is 1.90. The Bertz CT molecular complexity index is 372. The van der Waals surface area contributed by atoms with Gasteiger partial charge in [0.2, 0.25) is 0 Å². The Morgan fingerprint density at radius 2 is 2.26 bits per heavy atom. The average molecular weight is 265 g/mol. The van der Waals surface area contributed by atoms with Crippen molar-refractivity contribution in [2.45, 2.75) is 40.3 Å². The molecule has 0 saturated heterocycles. The van der Waals surface area contributed by atoms with E-state index in [-0.39, 0.29) is 0 Å². The van der Waals surface area contributed by atoms with Gasteiger partial charge in [-0.15, -0.1) is 5.10 Å². The van der Waals surface area contributed by atoms with Crippen molar-refractivity contribution in [1.82, 2.24) is 25.2 Å². The molecule has 108 valence electrons. The van der Waals surface area contributed by atoms with Gasteiger partial charge in [-0.25, -0.2) is 0 Å². The molecule has 0 spiro atoms. The van der Waals surface area contributed by atoms with E-state index in [1.54, 1.807) is 0 Å². The highest BCUT2D eigenvalue weighted by Gasteiger charge is 2.04. The monoisotopic (exact) mass is 265 g/mol. The second-order valence-electron chi connectivity index (χ2n) is 4.98. The molecule has 1 aromatic rings. The van der Waals surface area contributed by atoms with Gasteiger partial charge in [-0.2, -0.15) is 0 Å². The average Bonchev–Trinajstić information content (AvgIpc) is 2.82. The predicted molar refractivity (Wildman–Crippen MR) is 78.9 cm³/mol. The maximum absolute atomic E-state index is 4.17. The van der Waals surface area contributed by atoms with Gasteiger partial charge in [0, 0.05) is 25.8 Å². The van der Waals surface area contributed by atoms with Gasteiger partial charge < -0.3 is 5.32 Å². The van der Waals surface area contributed by atoms with Gasteiger partial charge in [-0.05, 0) is 26.4 Å². The van der Waals surface area contributed by atoms with Gasteiger partial charge in [-0.3, -0.25) is 9.58 Å². The van der Waals surface area contributed by atoms with Gasteiger partial charge in [0.25, 0.3) is 0 Å². The third kappa shape index (κ3) is 6.50. The molecule has 1 N–H and O–H groups in total. The number of likely N-dealkylation sites (N-methyl/N-ethyl adjacent to an activating group) is 1. The lowest BCUT2D eigenvalue weighted by Crippen LogP contribution is -2.29. The quantitative estimate of drug-likeness (QED) is 0.516. The second kappa shape index (κ2) is 8.82. The minimum atomic E-state index is 0.803. The van der Waals surface area contributed by atoms with Crippen molar-refractivity contribution >= 4 is 0 Å². The van der Waals surface area contributed by atoms with Gasteiger partial charge in [0.15, 0.2) is 0 Å². The van der Waals surface area contributed by atoms with Crippen LogP contribution in [0.4, 0.5) is 0 Å². The number of hydrogen-bond acceptors (Lipinski definition) is 4. The van der Waals surface area contributed by atoms with Crippen molar-refractivity contribution in [2.24, 2.45) is 0 Å². The molecule has 0 aromatic carbocycles. The van der Waals surface area contributed by atoms with Crippen molar-refractivity contribution in [3.63, 3.8) is 0 Å².